The summed E-state index contributed by atoms with van der Waals surface area (Å²) in [5.41, 5.74) is 0.616. The minimum Gasteiger partial charge on any atom is -0.312 e. The summed E-state index contributed by atoms with van der Waals surface area (Å²) >= 11 is 0. The smallest absolute Gasteiger partial charge is 0.242 e. The first kappa shape index (κ1) is 8.23. The molecule has 3 heteroatoms. The zero-order chi connectivity index (χ0) is 8.97. The first-order valence-electron chi connectivity index (χ1n) is 3.29. The Morgan fingerprint density at radius 2 is 2.33 bits per heavy atom. The second-order valence-electron chi connectivity index (χ2n) is 2.23. The Morgan fingerprint density at radius 1 is 1.58 bits per heavy atom. The predicted molar refractivity (Wildman–Crippen MR) is 41.4 cm³/mol. The van der Waals surface area contributed by atoms with Gasteiger partial charge < -0.3 is 4.85 Å². The molecule has 12 heavy (non-hydrogen) atoms. The Labute approximate surface area is 69.7 Å². The van der Waals surface area contributed by atoms with Crippen LogP contribution in [0.3, 0.4) is 0 Å². The van der Waals surface area contributed by atoms with Crippen molar-refractivity contribution in [3.05, 3.63) is 46.6 Å². The summed E-state index contributed by atoms with van der Waals surface area (Å²) in [6.07, 6.45) is 0. The minimum absolute atomic E-state index is 0.0253. The summed E-state index contributed by atoms with van der Waals surface area (Å²) in [6, 6.07) is 5.93. The van der Waals surface area contributed by atoms with E-state index in [4.69, 9.17) is 11.8 Å². The van der Waals surface area contributed by atoms with Gasteiger partial charge in [0.25, 0.3) is 0 Å². The Balaban J connectivity index is 3.07. The highest BCUT2D eigenvalue weighted by molar-refractivity contribution is 5.33. The fraction of sp³-hybridized carbons (Fsp3) is 0.111. The van der Waals surface area contributed by atoms with Gasteiger partial charge in [-0.1, -0.05) is 0 Å². The van der Waals surface area contributed by atoms with Gasteiger partial charge in [-0.3, -0.25) is 0 Å². The number of nitriles is 1. The van der Waals surface area contributed by atoms with Crippen LogP contribution < -0.4 is 0 Å². The van der Waals surface area contributed by atoms with E-state index in [0.717, 1.165) is 6.07 Å². The molecule has 0 radical (unpaired) electrons. The lowest BCUT2D eigenvalue weighted by atomic mass is 10.1. The Morgan fingerprint density at radius 3 is 2.83 bits per heavy atom. The highest BCUT2D eigenvalue weighted by Crippen LogP contribution is 2.10. The summed E-state index contributed by atoms with van der Waals surface area (Å²) in [6.45, 7) is 6.55. The van der Waals surface area contributed by atoms with Crippen LogP contribution in [0.4, 0.5) is 4.39 Å². The number of halogens is 1. The maximum absolute atomic E-state index is 12.9. The monoisotopic (exact) mass is 160 g/mol. The van der Waals surface area contributed by atoms with E-state index in [1.807, 2.05) is 6.07 Å². The molecule has 1 rings (SSSR count). The van der Waals surface area contributed by atoms with Gasteiger partial charge in [0.1, 0.15) is 5.82 Å². The van der Waals surface area contributed by atoms with Crippen molar-refractivity contribution in [1.82, 2.24) is 0 Å². The van der Waals surface area contributed by atoms with Gasteiger partial charge in [0.05, 0.1) is 17.2 Å². The topological polar surface area (TPSA) is 28.1 Å². The van der Waals surface area contributed by atoms with Crippen LogP contribution >= 0.6 is 0 Å². The van der Waals surface area contributed by atoms with Crippen LogP contribution in [0.15, 0.2) is 18.2 Å². The minimum atomic E-state index is -0.481. The molecule has 0 N–H and O–H groups in total. The van der Waals surface area contributed by atoms with Crippen molar-refractivity contribution in [2.45, 2.75) is 6.54 Å². The van der Waals surface area contributed by atoms with Crippen molar-refractivity contribution in [3.8, 4) is 6.07 Å². The molecule has 0 spiro atoms. The van der Waals surface area contributed by atoms with Crippen molar-refractivity contribution in [3.63, 3.8) is 0 Å². The third-order valence-corrected chi connectivity index (χ3v) is 1.43. The highest BCUT2D eigenvalue weighted by atomic mass is 19.1. The lowest BCUT2D eigenvalue weighted by Crippen LogP contribution is -1.87. The molecule has 0 aliphatic carbocycles. The zero-order valence-electron chi connectivity index (χ0n) is 6.21. The first-order valence-corrected chi connectivity index (χ1v) is 3.29. The zero-order valence-corrected chi connectivity index (χ0v) is 6.21. The van der Waals surface area contributed by atoms with Crippen LogP contribution in [0.2, 0.25) is 0 Å². The van der Waals surface area contributed by atoms with E-state index in [1.165, 1.54) is 12.1 Å². The largest absolute Gasteiger partial charge is 0.312 e. The van der Waals surface area contributed by atoms with Crippen molar-refractivity contribution in [2.24, 2.45) is 0 Å². The first-order chi connectivity index (χ1) is 5.77. The number of rotatable bonds is 1. The second kappa shape index (κ2) is 3.50. The van der Waals surface area contributed by atoms with E-state index in [2.05, 4.69) is 4.85 Å². The maximum Gasteiger partial charge on any atom is 0.242 e. The van der Waals surface area contributed by atoms with Crippen LogP contribution in [0.5, 0.6) is 0 Å². The molecule has 2 nitrogen and oxygen atoms in total. The van der Waals surface area contributed by atoms with Crippen LogP contribution in [0, 0.1) is 23.7 Å². The molecule has 0 heterocycles. The average molecular weight is 160 g/mol. The third kappa shape index (κ3) is 1.59. The summed E-state index contributed by atoms with van der Waals surface area (Å²) in [5, 5.41) is 8.41. The molecule has 1 aromatic rings. The van der Waals surface area contributed by atoms with Gasteiger partial charge in [-0.05, 0) is 18.2 Å². The van der Waals surface area contributed by atoms with Crippen molar-refractivity contribution < 1.29 is 4.39 Å². The quantitative estimate of drug-likeness (QED) is 0.578. The number of hydrogen-bond donors (Lipinski definition) is 0. The number of hydrogen-bond acceptors (Lipinski definition) is 1. The predicted octanol–water partition coefficient (Wildman–Crippen LogP) is 2.12. The molecule has 0 fully saturated rings. The van der Waals surface area contributed by atoms with E-state index < -0.39 is 5.82 Å². The van der Waals surface area contributed by atoms with Gasteiger partial charge in [0, 0.05) is 0 Å². The Hall–Kier alpha value is -1.87. The van der Waals surface area contributed by atoms with Crippen molar-refractivity contribution in [2.75, 3.05) is 0 Å². The summed E-state index contributed by atoms with van der Waals surface area (Å²) < 4.78 is 12.9. The van der Waals surface area contributed by atoms with Crippen LogP contribution in [-0.4, -0.2) is 0 Å². The number of benzene rings is 1. The van der Waals surface area contributed by atoms with Gasteiger partial charge in [0.15, 0.2) is 0 Å². The van der Waals surface area contributed by atoms with Crippen LogP contribution in [-0.2, 0) is 6.54 Å². The fourth-order valence-electron chi connectivity index (χ4n) is 0.830. The fourth-order valence-corrected chi connectivity index (χ4v) is 0.830. The summed E-state index contributed by atoms with van der Waals surface area (Å²) in [4.78, 5) is 3.05. The van der Waals surface area contributed by atoms with E-state index in [0.29, 0.717) is 5.56 Å². The molecule has 0 amide bonds. The van der Waals surface area contributed by atoms with Crippen molar-refractivity contribution in [1.29, 1.82) is 5.26 Å². The molecular weight excluding hydrogens is 155 g/mol. The lowest BCUT2D eigenvalue weighted by molar-refractivity contribution is 0.614. The van der Waals surface area contributed by atoms with Crippen LogP contribution in [0.1, 0.15) is 11.1 Å². The molecule has 0 unspecified atom stereocenters. The van der Waals surface area contributed by atoms with Gasteiger partial charge in [-0.2, -0.15) is 5.26 Å². The van der Waals surface area contributed by atoms with E-state index in [9.17, 15) is 4.39 Å². The molecule has 0 atom stereocenters. The Kier molecular flexibility index (Phi) is 2.40. The molecule has 0 aromatic heterocycles. The normalized spacial score (nSPS) is 8.58. The molecule has 0 bridgehead atoms. The van der Waals surface area contributed by atoms with E-state index in [-0.39, 0.29) is 12.1 Å². The summed E-state index contributed by atoms with van der Waals surface area (Å²) in [7, 11) is 0. The SMILES string of the molecule is [C-]#[N+]Cc1ccc(C#N)cc1F. The Bertz CT molecular complexity index is 371. The molecule has 0 saturated heterocycles. The van der Waals surface area contributed by atoms with Gasteiger partial charge >= 0.3 is 0 Å². The molecular formula is C9H5FN2. The third-order valence-electron chi connectivity index (χ3n) is 1.43. The average Bonchev–Trinajstić information content (AvgIpc) is 2.09. The van der Waals surface area contributed by atoms with E-state index in [1.54, 1.807) is 0 Å². The molecule has 1 aromatic carbocycles. The van der Waals surface area contributed by atoms with Gasteiger partial charge in [-0.25, -0.2) is 11.0 Å². The number of nitrogens with zero attached hydrogens (tertiary/aromatic N) is 2. The molecule has 0 aliphatic rings. The van der Waals surface area contributed by atoms with E-state index >= 15 is 0 Å². The van der Waals surface area contributed by atoms with Gasteiger partial charge in [0.2, 0.25) is 6.54 Å². The standard InChI is InChI=1S/C9H5FN2/c1-12-6-8-3-2-7(5-11)4-9(8)10/h2-4H,6H2. The molecule has 0 saturated carbocycles. The molecule has 0 aliphatic heterocycles. The van der Waals surface area contributed by atoms with Crippen LogP contribution in [0.25, 0.3) is 4.85 Å². The maximum atomic E-state index is 12.9. The second-order valence-corrected chi connectivity index (χ2v) is 2.23. The lowest BCUT2D eigenvalue weighted by Gasteiger charge is -1.94. The highest BCUT2D eigenvalue weighted by Gasteiger charge is 2.04. The molecule has 58 valence electrons. The summed E-state index contributed by atoms with van der Waals surface area (Å²) in [5.74, 6) is -0.481. The van der Waals surface area contributed by atoms with Crippen molar-refractivity contribution >= 4 is 0 Å². The van der Waals surface area contributed by atoms with Gasteiger partial charge in [-0.15, -0.1) is 0 Å².